The number of thiocarbonyl (C=S) groups is 1. The zero-order chi connectivity index (χ0) is 13.8. The van der Waals surface area contributed by atoms with Crippen molar-refractivity contribution in [3.8, 4) is 0 Å². The van der Waals surface area contributed by atoms with E-state index in [0.717, 1.165) is 18.7 Å². The molecule has 5 heteroatoms. The number of amides is 1. The normalized spacial score (nSPS) is 18.1. The van der Waals surface area contributed by atoms with Gasteiger partial charge >= 0.3 is 0 Å². The molecule has 0 spiro atoms. The Hall–Kier alpha value is -1.62. The SMILES string of the molecule is CCN(CC)c1ccc(C[C@H]2NC(=S)NC2=O)cc1. The Morgan fingerprint density at radius 3 is 2.32 bits per heavy atom. The van der Waals surface area contributed by atoms with Crippen molar-refractivity contribution in [2.75, 3.05) is 18.0 Å². The van der Waals surface area contributed by atoms with E-state index in [0.29, 0.717) is 11.5 Å². The summed E-state index contributed by atoms with van der Waals surface area (Å²) in [5, 5.41) is 6.01. The summed E-state index contributed by atoms with van der Waals surface area (Å²) >= 11 is 4.93. The molecule has 1 aliphatic rings. The highest BCUT2D eigenvalue weighted by molar-refractivity contribution is 7.80. The van der Waals surface area contributed by atoms with Gasteiger partial charge in [0, 0.05) is 25.2 Å². The van der Waals surface area contributed by atoms with E-state index < -0.39 is 0 Å². The van der Waals surface area contributed by atoms with Gasteiger partial charge in [0.25, 0.3) is 0 Å². The summed E-state index contributed by atoms with van der Waals surface area (Å²) in [4.78, 5) is 13.9. The first-order valence-electron chi connectivity index (χ1n) is 6.59. The summed E-state index contributed by atoms with van der Waals surface area (Å²) in [6.07, 6.45) is 0.657. The van der Waals surface area contributed by atoms with Crippen molar-refractivity contribution in [2.45, 2.75) is 26.3 Å². The molecule has 0 unspecified atom stereocenters. The summed E-state index contributed by atoms with van der Waals surface area (Å²) in [5.41, 5.74) is 2.35. The van der Waals surface area contributed by atoms with E-state index in [1.807, 2.05) is 0 Å². The summed E-state index contributed by atoms with van der Waals surface area (Å²) in [7, 11) is 0. The summed E-state index contributed by atoms with van der Waals surface area (Å²) in [6.45, 7) is 6.28. The van der Waals surface area contributed by atoms with E-state index in [9.17, 15) is 4.79 Å². The first kappa shape index (κ1) is 13.8. The van der Waals surface area contributed by atoms with E-state index in [-0.39, 0.29) is 11.9 Å². The van der Waals surface area contributed by atoms with E-state index in [2.05, 4.69) is 53.6 Å². The largest absolute Gasteiger partial charge is 0.372 e. The average Bonchev–Trinajstić information content (AvgIpc) is 2.71. The number of benzene rings is 1. The van der Waals surface area contributed by atoms with Crippen molar-refractivity contribution in [1.82, 2.24) is 10.6 Å². The standard InChI is InChI=1S/C14H19N3OS/c1-3-17(4-2)11-7-5-10(6-8-11)9-12-13(18)16-14(19)15-12/h5-8,12H,3-4,9H2,1-2H3,(H2,15,16,18,19)/t12-/m1/s1. The number of hydrogen-bond donors (Lipinski definition) is 2. The topological polar surface area (TPSA) is 44.4 Å². The lowest BCUT2D eigenvalue weighted by Crippen LogP contribution is -2.31. The Labute approximate surface area is 119 Å². The van der Waals surface area contributed by atoms with Gasteiger partial charge in [-0.15, -0.1) is 0 Å². The van der Waals surface area contributed by atoms with Crippen LogP contribution in [0, 0.1) is 0 Å². The first-order chi connectivity index (χ1) is 9.13. The van der Waals surface area contributed by atoms with E-state index >= 15 is 0 Å². The molecule has 102 valence electrons. The van der Waals surface area contributed by atoms with Gasteiger partial charge in [-0.25, -0.2) is 0 Å². The lowest BCUT2D eigenvalue weighted by Gasteiger charge is -2.21. The lowest BCUT2D eigenvalue weighted by molar-refractivity contribution is -0.120. The van der Waals surface area contributed by atoms with Crippen molar-refractivity contribution in [1.29, 1.82) is 0 Å². The molecule has 0 bridgehead atoms. The third kappa shape index (κ3) is 3.23. The van der Waals surface area contributed by atoms with Crippen LogP contribution in [0.4, 0.5) is 5.69 Å². The minimum Gasteiger partial charge on any atom is -0.372 e. The Balaban J connectivity index is 2.03. The van der Waals surface area contributed by atoms with Gasteiger partial charge in [-0.1, -0.05) is 12.1 Å². The van der Waals surface area contributed by atoms with E-state index in [1.165, 1.54) is 5.69 Å². The molecule has 1 saturated heterocycles. The molecule has 1 aliphatic heterocycles. The fourth-order valence-electron chi connectivity index (χ4n) is 2.27. The summed E-state index contributed by atoms with van der Waals surface area (Å²) in [5.74, 6) is -0.0437. The molecule has 0 aliphatic carbocycles. The number of nitrogens with one attached hydrogen (secondary N) is 2. The predicted molar refractivity (Wildman–Crippen MR) is 81.4 cm³/mol. The number of nitrogens with zero attached hydrogens (tertiary/aromatic N) is 1. The second-order valence-corrected chi connectivity index (χ2v) is 4.97. The van der Waals surface area contributed by atoms with Gasteiger partial charge in [-0.2, -0.15) is 0 Å². The van der Waals surface area contributed by atoms with E-state index in [1.54, 1.807) is 0 Å². The molecule has 0 radical (unpaired) electrons. The highest BCUT2D eigenvalue weighted by Crippen LogP contribution is 2.16. The van der Waals surface area contributed by atoms with Gasteiger partial charge in [0.15, 0.2) is 5.11 Å². The Morgan fingerprint density at radius 1 is 1.21 bits per heavy atom. The van der Waals surface area contributed by atoms with Crippen molar-refractivity contribution in [3.63, 3.8) is 0 Å². The molecule has 1 aromatic carbocycles. The van der Waals surface area contributed by atoms with Crippen LogP contribution in [-0.2, 0) is 11.2 Å². The van der Waals surface area contributed by atoms with Crippen molar-refractivity contribution in [3.05, 3.63) is 29.8 Å². The molecule has 1 heterocycles. The molecule has 19 heavy (non-hydrogen) atoms. The maximum Gasteiger partial charge on any atom is 0.249 e. The number of rotatable bonds is 5. The van der Waals surface area contributed by atoms with Gasteiger partial charge in [0.2, 0.25) is 5.91 Å². The third-order valence-corrected chi connectivity index (χ3v) is 3.58. The number of hydrogen-bond acceptors (Lipinski definition) is 3. The second kappa shape index (κ2) is 6.02. The van der Waals surface area contributed by atoms with Crippen molar-refractivity contribution >= 4 is 28.9 Å². The van der Waals surface area contributed by atoms with Crippen molar-refractivity contribution < 1.29 is 4.79 Å². The number of anilines is 1. The van der Waals surface area contributed by atoms with Crippen LogP contribution in [0.5, 0.6) is 0 Å². The van der Waals surface area contributed by atoms with Gasteiger partial charge in [-0.3, -0.25) is 4.79 Å². The van der Waals surface area contributed by atoms with Crippen molar-refractivity contribution in [2.24, 2.45) is 0 Å². The molecule has 0 saturated carbocycles. The second-order valence-electron chi connectivity index (χ2n) is 4.56. The molecule has 2 rings (SSSR count). The molecule has 1 amide bonds. The predicted octanol–water partition coefficient (Wildman–Crippen LogP) is 1.45. The summed E-state index contributed by atoms with van der Waals surface area (Å²) in [6, 6.07) is 8.11. The lowest BCUT2D eigenvalue weighted by atomic mass is 10.1. The Kier molecular flexibility index (Phi) is 4.37. The molecule has 1 fully saturated rings. The molecular formula is C14H19N3OS. The zero-order valence-corrected chi connectivity index (χ0v) is 12.1. The highest BCUT2D eigenvalue weighted by atomic mass is 32.1. The monoisotopic (exact) mass is 277 g/mol. The average molecular weight is 277 g/mol. The maximum atomic E-state index is 11.6. The molecular weight excluding hydrogens is 258 g/mol. The van der Waals surface area contributed by atoms with Gasteiger partial charge < -0.3 is 15.5 Å². The maximum absolute atomic E-state index is 11.6. The molecule has 1 aromatic rings. The fraction of sp³-hybridized carbons (Fsp3) is 0.429. The minimum atomic E-state index is -0.244. The van der Waals surface area contributed by atoms with Crippen LogP contribution in [0.3, 0.4) is 0 Å². The smallest absolute Gasteiger partial charge is 0.249 e. The molecule has 4 nitrogen and oxygen atoms in total. The minimum absolute atomic E-state index is 0.0437. The number of carbonyl (C=O) groups is 1. The third-order valence-electron chi connectivity index (χ3n) is 3.36. The first-order valence-corrected chi connectivity index (χ1v) is 7.00. The van der Waals surface area contributed by atoms with E-state index in [4.69, 9.17) is 12.2 Å². The quantitative estimate of drug-likeness (QED) is 0.800. The van der Waals surface area contributed by atoms with Crippen LogP contribution in [0.1, 0.15) is 19.4 Å². The van der Waals surface area contributed by atoms with Gasteiger partial charge in [0.1, 0.15) is 6.04 Å². The fourth-order valence-corrected chi connectivity index (χ4v) is 2.51. The van der Waals surface area contributed by atoms with Gasteiger partial charge in [-0.05, 0) is 43.8 Å². The van der Waals surface area contributed by atoms with Gasteiger partial charge in [0.05, 0.1) is 0 Å². The molecule has 0 aromatic heterocycles. The Morgan fingerprint density at radius 2 is 1.84 bits per heavy atom. The van der Waals surface area contributed by atoms with Crippen LogP contribution in [0.25, 0.3) is 0 Å². The molecule has 1 atom stereocenters. The zero-order valence-electron chi connectivity index (χ0n) is 11.3. The number of carbonyl (C=O) groups excluding carboxylic acids is 1. The van der Waals surface area contributed by atoms with Crippen LogP contribution >= 0.6 is 12.2 Å². The van der Waals surface area contributed by atoms with Crippen LogP contribution < -0.4 is 15.5 Å². The summed E-state index contributed by atoms with van der Waals surface area (Å²) < 4.78 is 0. The van der Waals surface area contributed by atoms with Crippen LogP contribution in [-0.4, -0.2) is 30.2 Å². The van der Waals surface area contributed by atoms with Crippen LogP contribution in [0.2, 0.25) is 0 Å². The molecule has 2 N–H and O–H groups in total. The van der Waals surface area contributed by atoms with Crippen LogP contribution in [0.15, 0.2) is 24.3 Å². The highest BCUT2D eigenvalue weighted by Gasteiger charge is 2.26. The Bertz CT molecular complexity index is 468.